The van der Waals surface area contributed by atoms with Gasteiger partial charge in [-0.25, -0.2) is 4.57 Å². The van der Waals surface area contributed by atoms with Crippen LogP contribution in [0.4, 0.5) is 0 Å². The van der Waals surface area contributed by atoms with E-state index in [4.69, 9.17) is 9.47 Å². The fourth-order valence-electron chi connectivity index (χ4n) is 4.46. The first-order valence-corrected chi connectivity index (χ1v) is 10.9. The molecule has 0 fully saturated rings. The Hall–Kier alpha value is -3.47. The fourth-order valence-corrected chi connectivity index (χ4v) is 4.46. The highest BCUT2D eigenvalue weighted by atomic mass is 16.5. The molecule has 1 atom stereocenters. The van der Waals surface area contributed by atoms with E-state index in [1.807, 2.05) is 47.3 Å². The molecule has 0 saturated carbocycles. The quantitative estimate of drug-likeness (QED) is 0.396. The van der Waals surface area contributed by atoms with Crippen molar-refractivity contribution in [3.05, 3.63) is 88.7 Å². The number of hydrogen-bond donors (Lipinski definition) is 0. The molecule has 4 rings (SSSR count). The highest BCUT2D eigenvalue weighted by Crippen LogP contribution is 2.38. The van der Waals surface area contributed by atoms with Gasteiger partial charge in [0.15, 0.2) is 42.0 Å². The Morgan fingerprint density at radius 2 is 1.78 bits per heavy atom. The number of fused-ring (bicyclic) bond motifs is 1. The van der Waals surface area contributed by atoms with Crippen molar-refractivity contribution in [3.8, 4) is 11.5 Å². The van der Waals surface area contributed by atoms with Gasteiger partial charge in [-0.05, 0) is 49.4 Å². The summed E-state index contributed by atoms with van der Waals surface area (Å²) in [6.45, 7) is 2.31. The van der Waals surface area contributed by atoms with Crippen LogP contribution in [0.15, 0.2) is 60.9 Å². The number of Topliss-reactive ketones (excluding diaryl/α,β-unsaturated/α-hetero) is 2. The molecule has 164 valence electrons. The summed E-state index contributed by atoms with van der Waals surface area (Å²) in [6.07, 6.45) is 5.99. The number of ketones is 2. The fraction of sp³-hybridized carbons (Fsp3) is 0.296. The molecule has 0 radical (unpaired) electrons. The third kappa shape index (κ3) is 4.42. The summed E-state index contributed by atoms with van der Waals surface area (Å²) < 4.78 is 12.8. The van der Waals surface area contributed by atoms with Crippen LogP contribution >= 0.6 is 0 Å². The molecule has 1 aliphatic rings. The number of rotatable bonds is 8. The first kappa shape index (κ1) is 21.8. The van der Waals surface area contributed by atoms with Gasteiger partial charge in [0.2, 0.25) is 0 Å². The van der Waals surface area contributed by atoms with Crippen molar-refractivity contribution in [3.63, 3.8) is 0 Å². The van der Waals surface area contributed by atoms with E-state index in [1.54, 1.807) is 27.2 Å². The SMILES string of the molecule is COc1cc2c(cc1OC)C(=O)C(CCc1cc[n+](Cc3ccccc3)cc1C(C)=O)C2. The van der Waals surface area contributed by atoms with Crippen LogP contribution in [0, 0.1) is 5.92 Å². The maximum Gasteiger partial charge on any atom is 0.180 e. The number of benzene rings is 2. The number of pyridine rings is 1. The lowest BCUT2D eigenvalue weighted by atomic mass is 9.94. The van der Waals surface area contributed by atoms with Crippen molar-refractivity contribution in [1.29, 1.82) is 0 Å². The van der Waals surface area contributed by atoms with Gasteiger partial charge < -0.3 is 9.47 Å². The van der Waals surface area contributed by atoms with Gasteiger partial charge in [-0.1, -0.05) is 30.3 Å². The van der Waals surface area contributed by atoms with Gasteiger partial charge in [-0.3, -0.25) is 9.59 Å². The molecule has 1 aliphatic carbocycles. The molecule has 5 heteroatoms. The van der Waals surface area contributed by atoms with E-state index in [1.165, 1.54) is 5.56 Å². The largest absolute Gasteiger partial charge is 0.493 e. The van der Waals surface area contributed by atoms with Crippen molar-refractivity contribution in [2.24, 2.45) is 5.92 Å². The zero-order chi connectivity index (χ0) is 22.7. The molecule has 0 bridgehead atoms. The number of carbonyl (C=O) groups excluding carboxylic acids is 2. The van der Waals surface area contributed by atoms with Crippen molar-refractivity contribution in [1.82, 2.24) is 0 Å². The number of aromatic nitrogens is 1. The van der Waals surface area contributed by atoms with E-state index in [-0.39, 0.29) is 17.5 Å². The standard InChI is InChI=1S/C27H28NO4/c1-18(29)24-17-28(16-19-7-5-4-6-8-19)12-11-20(24)9-10-21-13-22-14-25(31-2)26(32-3)15-23(22)27(21)30/h4-8,11-12,14-15,17,21H,9-10,13,16H2,1-3H3/q+1. The maximum atomic E-state index is 13.0. The molecule has 0 aliphatic heterocycles. The molecule has 1 aromatic heterocycles. The highest BCUT2D eigenvalue weighted by Gasteiger charge is 2.32. The van der Waals surface area contributed by atoms with Gasteiger partial charge in [-0.15, -0.1) is 0 Å². The van der Waals surface area contributed by atoms with E-state index in [2.05, 4.69) is 12.1 Å². The van der Waals surface area contributed by atoms with E-state index < -0.39 is 0 Å². The lowest BCUT2D eigenvalue weighted by Crippen LogP contribution is -2.35. The van der Waals surface area contributed by atoms with Gasteiger partial charge in [0.1, 0.15) is 0 Å². The number of nitrogens with zero attached hydrogens (tertiary/aromatic N) is 1. The molecule has 1 heterocycles. The molecule has 2 aromatic carbocycles. The molecule has 5 nitrogen and oxygen atoms in total. The Balaban J connectivity index is 1.49. The van der Waals surface area contributed by atoms with Crippen molar-refractivity contribution in [2.45, 2.75) is 32.7 Å². The van der Waals surface area contributed by atoms with Gasteiger partial charge in [-0.2, -0.15) is 0 Å². The number of carbonyl (C=O) groups is 2. The van der Waals surface area contributed by atoms with E-state index in [0.29, 0.717) is 42.9 Å². The molecule has 1 unspecified atom stereocenters. The minimum Gasteiger partial charge on any atom is -0.493 e. The molecule has 0 spiro atoms. The average Bonchev–Trinajstić information content (AvgIpc) is 3.12. The third-order valence-corrected chi connectivity index (χ3v) is 6.17. The molecular formula is C27H28NO4+. The third-order valence-electron chi connectivity index (χ3n) is 6.17. The van der Waals surface area contributed by atoms with Crippen LogP contribution in [-0.2, 0) is 19.4 Å². The Bertz CT molecular complexity index is 1150. The zero-order valence-electron chi connectivity index (χ0n) is 18.8. The maximum absolute atomic E-state index is 13.0. The first-order chi connectivity index (χ1) is 15.5. The van der Waals surface area contributed by atoms with Crippen LogP contribution in [0.3, 0.4) is 0 Å². The smallest absolute Gasteiger partial charge is 0.180 e. The molecule has 3 aromatic rings. The van der Waals surface area contributed by atoms with Gasteiger partial charge in [0.05, 0.1) is 19.8 Å². The number of methoxy groups -OCH3 is 2. The number of ether oxygens (including phenoxy) is 2. The second-order valence-corrected chi connectivity index (χ2v) is 8.27. The van der Waals surface area contributed by atoms with Crippen LogP contribution in [-0.4, -0.2) is 25.8 Å². The van der Waals surface area contributed by atoms with Crippen LogP contribution < -0.4 is 14.0 Å². The molecule has 32 heavy (non-hydrogen) atoms. The zero-order valence-corrected chi connectivity index (χ0v) is 18.8. The molecular weight excluding hydrogens is 402 g/mol. The predicted octanol–water partition coefficient (Wildman–Crippen LogP) is 4.23. The summed E-state index contributed by atoms with van der Waals surface area (Å²) in [6, 6.07) is 15.9. The number of aryl methyl sites for hydroxylation is 1. The molecule has 0 saturated heterocycles. The summed E-state index contributed by atoms with van der Waals surface area (Å²) in [7, 11) is 3.17. The summed E-state index contributed by atoms with van der Waals surface area (Å²) in [5, 5.41) is 0. The van der Waals surface area contributed by atoms with Crippen LogP contribution in [0.2, 0.25) is 0 Å². The van der Waals surface area contributed by atoms with E-state index in [0.717, 1.165) is 16.7 Å². The van der Waals surface area contributed by atoms with Crippen LogP contribution in [0.25, 0.3) is 0 Å². The second-order valence-electron chi connectivity index (χ2n) is 8.27. The Morgan fingerprint density at radius 3 is 2.47 bits per heavy atom. The lowest BCUT2D eigenvalue weighted by Gasteiger charge is -2.10. The van der Waals surface area contributed by atoms with Gasteiger partial charge >= 0.3 is 0 Å². The average molecular weight is 431 g/mol. The Morgan fingerprint density at radius 1 is 1.06 bits per heavy atom. The van der Waals surface area contributed by atoms with E-state index in [9.17, 15) is 9.59 Å². The monoisotopic (exact) mass is 430 g/mol. The summed E-state index contributed by atoms with van der Waals surface area (Å²) >= 11 is 0. The lowest BCUT2D eigenvalue weighted by molar-refractivity contribution is -0.688. The molecule has 0 N–H and O–H groups in total. The number of hydrogen-bond acceptors (Lipinski definition) is 4. The Labute approximate surface area is 188 Å². The molecule has 0 amide bonds. The second kappa shape index (κ2) is 9.35. The van der Waals surface area contributed by atoms with E-state index >= 15 is 0 Å². The van der Waals surface area contributed by atoms with Crippen molar-refractivity contribution >= 4 is 11.6 Å². The summed E-state index contributed by atoms with van der Waals surface area (Å²) in [5.41, 5.74) is 4.60. The normalized spacial score (nSPS) is 14.8. The highest BCUT2D eigenvalue weighted by molar-refractivity contribution is 6.03. The van der Waals surface area contributed by atoms with Crippen LogP contribution in [0.5, 0.6) is 11.5 Å². The summed E-state index contributed by atoms with van der Waals surface area (Å²) in [4.78, 5) is 25.3. The predicted molar refractivity (Wildman–Crippen MR) is 122 cm³/mol. The van der Waals surface area contributed by atoms with Gasteiger partial charge in [0, 0.05) is 23.1 Å². The van der Waals surface area contributed by atoms with Gasteiger partial charge in [0.25, 0.3) is 0 Å². The summed E-state index contributed by atoms with van der Waals surface area (Å²) in [5.74, 6) is 1.30. The Kier molecular flexibility index (Phi) is 6.35. The minimum atomic E-state index is -0.0988. The topological polar surface area (TPSA) is 56.5 Å². The van der Waals surface area contributed by atoms with Crippen LogP contribution in [0.1, 0.15) is 50.8 Å². The van der Waals surface area contributed by atoms with Crippen molar-refractivity contribution in [2.75, 3.05) is 14.2 Å². The minimum absolute atomic E-state index is 0.0397. The van der Waals surface area contributed by atoms with Crippen molar-refractivity contribution < 1.29 is 23.6 Å². The first-order valence-electron chi connectivity index (χ1n) is 10.9.